The van der Waals surface area contributed by atoms with Crippen LogP contribution in [0, 0.1) is 0 Å². The van der Waals surface area contributed by atoms with Crippen molar-refractivity contribution in [3.63, 3.8) is 0 Å². The van der Waals surface area contributed by atoms with Crippen LogP contribution in [0.5, 0.6) is 0 Å². The Morgan fingerprint density at radius 1 is 1.25 bits per heavy atom. The molecule has 0 amide bonds. The molecule has 0 unspecified atom stereocenters. The van der Waals surface area contributed by atoms with Gasteiger partial charge in [0.2, 0.25) is 0 Å². The topological polar surface area (TPSA) is 9.23 Å². The second-order valence-electron chi connectivity index (χ2n) is 0.0583. The Labute approximate surface area is 56.9 Å². The van der Waals surface area contributed by atoms with E-state index < -0.39 is 0 Å². The molecule has 0 heterocycles. The van der Waals surface area contributed by atoms with Crippen molar-refractivity contribution in [1.82, 2.24) is 0 Å². The van der Waals surface area contributed by atoms with Crippen molar-refractivity contribution >= 4 is 53.3 Å². The van der Waals surface area contributed by atoms with Crippen molar-refractivity contribution in [2.45, 2.75) is 0 Å². The molecule has 21 valence electrons. The fourth-order valence-electron chi connectivity index (χ4n) is 0. The van der Waals surface area contributed by atoms with E-state index in [1.807, 2.05) is 0 Å². The Morgan fingerprint density at radius 3 is 1.25 bits per heavy atom. The van der Waals surface area contributed by atoms with Crippen LogP contribution in [0.25, 0.3) is 0 Å². The molecule has 4 heteroatoms. The van der Waals surface area contributed by atoms with Gasteiger partial charge in [0.05, 0.1) is 23.7 Å². The minimum Gasteiger partial charge on any atom is -0.166 e. The van der Waals surface area contributed by atoms with Crippen LogP contribution in [0.4, 0.5) is 0 Å². The smallest absolute Gasteiger partial charge is 0.0832 e. The van der Waals surface area contributed by atoms with E-state index in [0.29, 0.717) is 0 Å². The van der Waals surface area contributed by atoms with E-state index in [4.69, 9.17) is 0 Å². The minimum absolute atomic E-state index is 0. The Hall–Kier alpha value is 1.54. The zero-order valence-corrected chi connectivity index (χ0v) is 5.68. The summed E-state index contributed by atoms with van der Waals surface area (Å²) in [5.41, 5.74) is 0. The first-order valence-corrected chi connectivity index (χ1v) is 0.926. The molecule has 0 N–H and O–H groups in total. The molecule has 0 aliphatic carbocycles. The molecule has 0 aromatic heterocycles. The zero-order valence-electron chi connectivity index (χ0n) is 2.16. The van der Waals surface area contributed by atoms with Crippen LogP contribution in [-0.4, -0.2) is 29.6 Å². The van der Waals surface area contributed by atoms with Crippen molar-refractivity contribution in [2.75, 3.05) is 0 Å². The summed E-state index contributed by atoms with van der Waals surface area (Å²) < 4.78 is 3.19. The summed E-state index contributed by atoms with van der Waals surface area (Å²) in [5.74, 6) is 0. The van der Waals surface area contributed by atoms with E-state index in [1.54, 1.807) is 0 Å². The van der Waals surface area contributed by atoms with Gasteiger partial charge in [-0.3, -0.25) is 0 Å². The number of halogens is 2. The fraction of sp³-hybridized carbons (Fsp3) is 0. The van der Waals surface area contributed by atoms with E-state index in [-0.39, 0.29) is 29.6 Å². The first-order chi connectivity index (χ1) is 1.41. The van der Waals surface area contributed by atoms with Crippen molar-refractivity contribution in [1.29, 1.82) is 0 Å². The maximum absolute atomic E-state index is 4.26. The van der Waals surface area contributed by atoms with Crippen LogP contribution in [-0.2, 0) is 3.84 Å². The van der Waals surface area contributed by atoms with Crippen LogP contribution in [0.2, 0.25) is 0 Å². The van der Waals surface area contributed by atoms with E-state index >= 15 is 0 Å². The average Bonchev–Trinajstić information content (AvgIpc) is 0.918. The first kappa shape index (κ1) is 9.11. The second kappa shape index (κ2) is 8.82. The molecule has 4 heavy (non-hydrogen) atoms. The third-order valence-corrected chi connectivity index (χ3v) is 0. The van der Waals surface area contributed by atoms with Gasteiger partial charge < -0.3 is 0 Å². The standard InChI is InChI=1S/Cl2O.Na/c1-3-2;. The van der Waals surface area contributed by atoms with Crippen LogP contribution in [0.3, 0.4) is 0 Å². The van der Waals surface area contributed by atoms with Gasteiger partial charge >= 0.3 is 0 Å². The van der Waals surface area contributed by atoms with E-state index in [1.165, 1.54) is 0 Å². The molecule has 0 fully saturated rings. The predicted octanol–water partition coefficient (Wildman–Crippen LogP) is 0.930. The Bertz CT molecular complexity index is 6.00. The zero-order chi connectivity index (χ0) is 2.71. The SMILES string of the molecule is ClOCl.[Na]. The summed E-state index contributed by atoms with van der Waals surface area (Å²) in [5, 5.41) is 0. The number of rotatable bonds is 0. The maximum Gasteiger partial charge on any atom is 0.0832 e. The molecule has 0 saturated carbocycles. The van der Waals surface area contributed by atoms with Gasteiger partial charge in [-0.25, -0.2) is 0 Å². The van der Waals surface area contributed by atoms with E-state index in [2.05, 4.69) is 27.6 Å². The van der Waals surface area contributed by atoms with Gasteiger partial charge in [0.15, 0.2) is 0 Å². The molecule has 0 aromatic carbocycles. The molecule has 0 spiro atoms. The molecular formula is Cl2NaO. The van der Waals surface area contributed by atoms with Crippen LogP contribution < -0.4 is 0 Å². The van der Waals surface area contributed by atoms with Gasteiger partial charge in [0.1, 0.15) is 0 Å². The molecule has 1 radical (unpaired) electrons. The molecule has 0 saturated heterocycles. The fourth-order valence-corrected chi connectivity index (χ4v) is 0. The molecule has 0 rings (SSSR count). The second-order valence-corrected chi connectivity index (χ2v) is 0.525. The van der Waals surface area contributed by atoms with Crippen LogP contribution >= 0.6 is 23.7 Å². The van der Waals surface area contributed by atoms with Crippen molar-refractivity contribution in [3.05, 3.63) is 0 Å². The Balaban J connectivity index is 0. The molecule has 0 aliphatic heterocycles. The molecule has 0 aliphatic rings. The first-order valence-electron chi connectivity index (χ1n) is 0.309. The third kappa shape index (κ3) is 9.63. The van der Waals surface area contributed by atoms with Gasteiger partial charge in [-0.05, 0) is 0 Å². The number of hydrogen-bond acceptors (Lipinski definition) is 1. The van der Waals surface area contributed by atoms with Crippen LogP contribution in [0.15, 0.2) is 0 Å². The van der Waals surface area contributed by atoms with Crippen molar-refractivity contribution in [2.24, 2.45) is 0 Å². The average molecular weight is 110 g/mol. The third-order valence-electron chi connectivity index (χ3n) is 0. The summed E-state index contributed by atoms with van der Waals surface area (Å²) in [6, 6.07) is 0. The van der Waals surface area contributed by atoms with Gasteiger partial charge in [-0.15, -0.1) is 0 Å². The van der Waals surface area contributed by atoms with Gasteiger partial charge in [-0.1, -0.05) is 0 Å². The number of hydrogen-bond donors (Lipinski definition) is 0. The Morgan fingerprint density at radius 2 is 1.25 bits per heavy atom. The normalized spacial score (nSPS) is 4.50. The predicted molar refractivity (Wildman–Crippen MR) is 18.5 cm³/mol. The minimum atomic E-state index is 0. The summed E-state index contributed by atoms with van der Waals surface area (Å²) in [6.45, 7) is 0. The van der Waals surface area contributed by atoms with Crippen molar-refractivity contribution in [3.8, 4) is 0 Å². The summed E-state index contributed by atoms with van der Waals surface area (Å²) in [4.78, 5) is 0. The molecule has 1 nitrogen and oxygen atoms in total. The molecule has 0 bridgehead atoms. The largest absolute Gasteiger partial charge is 0.166 e. The van der Waals surface area contributed by atoms with Gasteiger partial charge in [0, 0.05) is 29.6 Å². The van der Waals surface area contributed by atoms with Crippen LogP contribution in [0.1, 0.15) is 0 Å². The molecule has 0 atom stereocenters. The summed E-state index contributed by atoms with van der Waals surface area (Å²) in [7, 11) is 0. The molecular weight excluding hydrogens is 110 g/mol. The van der Waals surface area contributed by atoms with Gasteiger partial charge in [0.25, 0.3) is 0 Å². The summed E-state index contributed by atoms with van der Waals surface area (Å²) in [6.07, 6.45) is 0. The van der Waals surface area contributed by atoms with Crippen molar-refractivity contribution < 1.29 is 3.84 Å². The quantitative estimate of drug-likeness (QED) is 0.421. The molecule has 0 aromatic rings. The maximum atomic E-state index is 4.26. The van der Waals surface area contributed by atoms with E-state index in [0.717, 1.165) is 0 Å². The Kier molecular flexibility index (Phi) is 20.1. The summed E-state index contributed by atoms with van der Waals surface area (Å²) >= 11 is 8.53. The van der Waals surface area contributed by atoms with E-state index in [9.17, 15) is 0 Å². The van der Waals surface area contributed by atoms with Gasteiger partial charge in [-0.2, -0.15) is 3.84 Å². The monoisotopic (exact) mass is 109 g/mol.